The van der Waals surface area contributed by atoms with Gasteiger partial charge in [0.25, 0.3) is 11.6 Å². The lowest BCUT2D eigenvalue weighted by molar-refractivity contribution is -0.384. The van der Waals surface area contributed by atoms with Crippen molar-refractivity contribution < 1.29 is 32.4 Å². The van der Waals surface area contributed by atoms with Crippen molar-refractivity contribution in [3.8, 4) is 11.5 Å². The quantitative estimate of drug-likeness (QED) is 0.277. The number of nitrogens with zero attached hydrogens (tertiary/aromatic N) is 1. The number of sulfone groups is 1. The number of rotatable bonds is 8. The van der Waals surface area contributed by atoms with Crippen LogP contribution in [0.15, 0.2) is 57.8 Å². The Balaban J connectivity index is 1.69. The first-order valence-corrected chi connectivity index (χ1v) is 11.2. The van der Waals surface area contributed by atoms with E-state index in [0.717, 1.165) is 12.1 Å². The normalized spacial score (nSPS) is 11.2. The number of carbonyl (C=O) groups is 1. The second kappa shape index (κ2) is 9.28. The lowest BCUT2D eigenvalue weighted by atomic mass is 10.3. The van der Waals surface area contributed by atoms with Crippen LogP contribution in [0.5, 0.6) is 11.5 Å². The molecule has 1 amide bonds. The molecule has 32 heavy (non-hydrogen) atoms. The molecule has 2 N–H and O–H groups in total. The highest BCUT2D eigenvalue weighted by molar-refractivity contribution is 7.91. The van der Waals surface area contributed by atoms with Crippen LogP contribution in [0.3, 0.4) is 0 Å². The third-order valence-corrected chi connectivity index (χ3v) is 6.36. The van der Waals surface area contributed by atoms with E-state index in [0.29, 0.717) is 0 Å². The van der Waals surface area contributed by atoms with E-state index in [2.05, 4.69) is 5.32 Å². The van der Waals surface area contributed by atoms with Crippen LogP contribution in [0, 0.1) is 10.1 Å². The first kappa shape index (κ1) is 23.1. The maximum absolute atomic E-state index is 12.4. The van der Waals surface area contributed by atoms with Gasteiger partial charge in [0.15, 0.2) is 15.6 Å². The Bertz CT molecular complexity index is 1290. The summed E-state index contributed by atoms with van der Waals surface area (Å²) in [6.07, 6.45) is 0. The summed E-state index contributed by atoms with van der Waals surface area (Å²) < 4.78 is 34.9. The third kappa shape index (κ3) is 5.18. The molecule has 1 aromatic heterocycles. The first-order chi connectivity index (χ1) is 15.1. The fourth-order valence-corrected chi connectivity index (χ4v) is 3.74. The second-order valence-electron chi connectivity index (χ2n) is 6.46. The molecule has 0 aliphatic carbocycles. The van der Waals surface area contributed by atoms with Crippen molar-refractivity contribution >= 4 is 38.7 Å². The van der Waals surface area contributed by atoms with E-state index in [4.69, 9.17) is 20.8 Å². The van der Waals surface area contributed by atoms with E-state index in [-0.39, 0.29) is 56.7 Å². The molecule has 0 aliphatic heterocycles. The SMILES string of the molecule is CCS(=O)(=O)c1ccc(O)c(NC(=O)c2ccc(COc3ccc([N+](=O)[O-])cc3Cl)o2)c1. The van der Waals surface area contributed by atoms with Crippen molar-refractivity contribution in [2.24, 2.45) is 0 Å². The molecule has 0 saturated carbocycles. The lowest BCUT2D eigenvalue weighted by Crippen LogP contribution is -2.12. The van der Waals surface area contributed by atoms with Crippen LogP contribution in [0.4, 0.5) is 11.4 Å². The van der Waals surface area contributed by atoms with Crippen LogP contribution < -0.4 is 10.1 Å². The third-order valence-electron chi connectivity index (χ3n) is 4.34. The number of nitro benzene ring substituents is 1. The molecular formula is C20H17ClN2O8S. The Morgan fingerprint density at radius 3 is 2.62 bits per heavy atom. The van der Waals surface area contributed by atoms with Crippen molar-refractivity contribution in [1.29, 1.82) is 0 Å². The maximum Gasteiger partial charge on any atom is 0.291 e. The number of phenolic OH excluding ortho intramolecular Hbond substituents is 1. The molecular weight excluding hydrogens is 464 g/mol. The standard InChI is InChI=1S/C20H17ClN2O8S/c1-2-32(28,29)14-5-6-17(24)16(10-14)22-20(25)19-8-4-13(31-19)11-30-18-7-3-12(23(26)27)9-15(18)21/h3-10,24H,2,11H2,1H3,(H,22,25). The van der Waals surface area contributed by atoms with Crippen molar-refractivity contribution in [2.75, 3.05) is 11.1 Å². The molecule has 0 saturated heterocycles. The first-order valence-electron chi connectivity index (χ1n) is 9.13. The summed E-state index contributed by atoms with van der Waals surface area (Å²) in [6, 6.07) is 10.2. The van der Waals surface area contributed by atoms with Gasteiger partial charge in [0, 0.05) is 12.1 Å². The van der Waals surface area contributed by atoms with Gasteiger partial charge in [-0.3, -0.25) is 14.9 Å². The van der Waals surface area contributed by atoms with Crippen molar-refractivity contribution in [1.82, 2.24) is 0 Å². The molecule has 3 rings (SSSR count). The highest BCUT2D eigenvalue weighted by Crippen LogP contribution is 2.30. The number of hydrogen-bond acceptors (Lipinski definition) is 8. The minimum absolute atomic E-state index is 0.0402. The smallest absolute Gasteiger partial charge is 0.291 e. The van der Waals surface area contributed by atoms with Crippen LogP contribution in [0.2, 0.25) is 5.02 Å². The molecule has 12 heteroatoms. The summed E-state index contributed by atoms with van der Waals surface area (Å²) in [7, 11) is -3.53. The minimum Gasteiger partial charge on any atom is -0.506 e. The maximum atomic E-state index is 12.4. The fourth-order valence-electron chi connectivity index (χ4n) is 2.61. The monoisotopic (exact) mass is 480 g/mol. The average Bonchev–Trinajstić information content (AvgIpc) is 3.23. The van der Waals surface area contributed by atoms with Gasteiger partial charge in [-0.25, -0.2) is 8.42 Å². The summed E-state index contributed by atoms with van der Waals surface area (Å²) in [5, 5.41) is 23.1. The van der Waals surface area contributed by atoms with E-state index in [9.17, 15) is 28.4 Å². The molecule has 0 fully saturated rings. The topological polar surface area (TPSA) is 149 Å². The summed E-state index contributed by atoms with van der Waals surface area (Å²) in [6.45, 7) is 1.37. The lowest BCUT2D eigenvalue weighted by Gasteiger charge is -2.09. The molecule has 0 spiro atoms. The van der Waals surface area contributed by atoms with Crippen LogP contribution >= 0.6 is 11.6 Å². The highest BCUT2D eigenvalue weighted by Gasteiger charge is 2.18. The number of non-ortho nitro benzene ring substituents is 1. The van der Waals surface area contributed by atoms with Crippen molar-refractivity contribution in [3.63, 3.8) is 0 Å². The fraction of sp³-hybridized carbons (Fsp3) is 0.150. The van der Waals surface area contributed by atoms with Gasteiger partial charge < -0.3 is 19.6 Å². The number of carbonyl (C=O) groups excluding carboxylic acids is 1. The Hall–Kier alpha value is -3.57. The number of furan rings is 1. The van der Waals surface area contributed by atoms with Crippen molar-refractivity contribution in [3.05, 3.63) is 75.2 Å². The zero-order valence-electron chi connectivity index (χ0n) is 16.6. The zero-order chi connectivity index (χ0) is 23.5. The molecule has 168 valence electrons. The molecule has 0 bridgehead atoms. The number of phenols is 1. The minimum atomic E-state index is -3.53. The molecule has 1 heterocycles. The Morgan fingerprint density at radius 1 is 1.22 bits per heavy atom. The molecule has 0 unspecified atom stereocenters. The summed E-state index contributed by atoms with van der Waals surface area (Å²) >= 11 is 5.97. The van der Waals surface area contributed by atoms with Crippen LogP contribution in [0.1, 0.15) is 23.2 Å². The number of aromatic hydroxyl groups is 1. The number of benzene rings is 2. The summed E-state index contributed by atoms with van der Waals surface area (Å²) in [5.74, 6) is -0.815. The summed E-state index contributed by atoms with van der Waals surface area (Å²) in [4.78, 5) is 22.6. The number of ether oxygens (including phenoxy) is 1. The zero-order valence-corrected chi connectivity index (χ0v) is 18.1. The van der Waals surface area contributed by atoms with E-state index >= 15 is 0 Å². The van der Waals surface area contributed by atoms with Crippen LogP contribution in [-0.2, 0) is 16.4 Å². The van der Waals surface area contributed by atoms with Gasteiger partial charge >= 0.3 is 0 Å². The van der Waals surface area contributed by atoms with Gasteiger partial charge in [-0.05, 0) is 36.4 Å². The average molecular weight is 481 g/mol. The van der Waals surface area contributed by atoms with Gasteiger partial charge in [-0.15, -0.1) is 0 Å². The molecule has 10 nitrogen and oxygen atoms in total. The number of halogens is 1. The van der Waals surface area contributed by atoms with Crippen molar-refractivity contribution in [2.45, 2.75) is 18.4 Å². The van der Waals surface area contributed by atoms with E-state index in [1.54, 1.807) is 0 Å². The molecule has 0 radical (unpaired) electrons. The highest BCUT2D eigenvalue weighted by atomic mass is 35.5. The number of amides is 1. The van der Waals surface area contributed by atoms with Gasteiger partial charge in [0.1, 0.15) is 23.9 Å². The van der Waals surface area contributed by atoms with Gasteiger partial charge in [0.05, 0.1) is 26.3 Å². The predicted octanol–water partition coefficient (Wildman–Crippen LogP) is 4.17. The largest absolute Gasteiger partial charge is 0.506 e. The van der Waals surface area contributed by atoms with Crippen LogP contribution in [0.25, 0.3) is 0 Å². The van der Waals surface area contributed by atoms with Gasteiger partial charge in [-0.2, -0.15) is 0 Å². The second-order valence-corrected chi connectivity index (χ2v) is 9.15. The molecule has 2 aromatic carbocycles. The Kier molecular flexibility index (Phi) is 6.70. The molecule has 3 aromatic rings. The molecule has 0 atom stereocenters. The van der Waals surface area contributed by atoms with Gasteiger partial charge in [0.2, 0.25) is 0 Å². The van der Waals surface area contributed by atoms with E-state index in [1.807, 2.05) is 0 Å². The number of nitro groups is 1. The Labute approximate surface area is 187 Å². The number of anilines is 1. The Morgan fingerprint density at radius 2 is 1.97 bits per heavy atom. The molecule has 0 aliphatic rings. The number of hydrogen-bond donors (Lipinski definition) is 2. The van der Waals surface area contributed by atoms with Crippen LogP contribution in [-0.4, -0.2) is 30.1 Å². The van der Waals surface area contributed by atoms with Gasteiger partial charge in [-0.1, -0.05) is 18.5 Å². The number of nitrogens with one attached hydrogen (secondary N) is 1. The van der Waals surface area contributed by atoms with E-state index < -0.39 is 20.7 Å². The summed E-state index contributed by atoms with van der Waals surface area (Å²) in [5.41, 5.74) is -0.269. The predicted molar refractivity (Wildman–Crippen MR) is 115 cm³/mol. The van der Waals surface area contributed by atoms with E-state index in [1.165, 1.54) is 43.3 Å².